The van der Waals surface area contributed by atoms with Crippen molar-refractivity contribution in [2.75, 3.05) is 12.4 Å². The minimum Gasteiger partial charge on any atom is -0.618 e. The highest BCUT2D eigenvalue weighted by Gasteiger charge is 2.07. The Morgan fingerprint density at radius 1 is 1.27 bits per heavy atom. The van der Waals surface area contributed by atoms with Gasteiger partial charge in [0.1, 0.15) is 0 Å². The highest BCUT2D eigenvalue weighted by molar-refractivity contribution is 7.99. The molecule has 0 unspecified atom stereocenters. The molecular weight excluding hydrogens is 210 g/mol. The molecule has 1 aromatic heterocycles. The summed E-state index contributed by atoms with van der Waals surface area (Å²) in [7, 11) is 0. The molecule has 0 spiro atoms. The Hall–Kier alpha value is -1.26. The molecule has 0 aliphatic heterocycles. The second-order valence-electron chi connectivity index (χ2n) is 3.10. The van der Waals surface area contributed by atoms with Crippen LogP contribution in [0.1, 0.15) is 0 Å². The van der Waals surface area contributed by atoms with E-state index in [0.29, 0.717) is 11.3 Å². The summed E-state index contributed by atoms with van der Waals surface area (Å²) in [5, 5.41) is 21.2. The van der Waals surface area contributed by atoms with Gasteiger partial charge in [0, 0.05) is 22.8 Å². The molecule has 0 atom stereocenters. The smallest absolute Gasteiger partial charge is 0.224 e. The van der Waals surface area contributed by atoms with Gasteiger partial charge in [-0.3, -0.25) is 0 Å². The monoisotopic (exact) mass is 221 g/mol. The van der Waals surface area contributed by atoms with Gasteiger partial charge in [-0.2, -0.15) is 4.73 Å². The van der Waals surface area contributed by atoms with Crippen LogP contribution in [-0.2, 0) is 0 Å². The maximum atomic E-state index is 11.5. The molecule has 2 rings (SSSR count). The first-order valence-corrected chi connectivity index (χ1v) is 5.66. The summed E-state index contributed by atoms with van der Waals surface area (Å²) < 4.78 is 0.859. The van der Waals surface area contributed by atoms with Gasteiger partial charge in [0.2, 0.25) is 5.52 Å². The molecule has 0 amide bonds. The predicted octanol–water partition coefficient (Wildman–Crippen LogP) is 1.56. The van der Waals surface area contributed by atoms with Crippen LogP contribution < -0.4 is 4.73 Å². The lowest BCUT2D eigenvalue weighted by molar-refractivity contribution is -0.577. The molecule has 3 nitrogen and oxygen atoms in total. The van der Waals surface area contributed by atoms with Crippen LogP contribution in [0.5, 0.6) is 0 Å². The number of hydrogen-bond donors (Lipinski definition) is 1. The van der Waals surface area contributed by atoms with Crippen molar-refractivity contribution in [1.82, 2.24) is 0 Å². The average Bonchev–Trinajstić information content (AvgIpc) is 2.29. The van der Waals surface area contributed by atoms with E-state index in [2.05, 4.69) is 0 Å². The highest BCUT2D eigenvalue weighted by atomic mass is 32.2. The lowest BCUT2D eigenvalue weighted by atomic mass is 10.2. The summed E-state index contributed by atoms with van der Waals surface area (Å²) in [4.78, 5) is 1.03. The first-order chi connectivity index (χ1) is 7.33. The van der Waals surface area contributed by atoms with Crippen LogP contribution in [0.15, 0.2) is 41.4 Å². The zero-order valence-electron chi connectivity index (χ0n) is 8.09. The number of aliphatic hydroxyl groups excluding tert-OH is 1. The number of aromatic nitrogens is 1. The number of pyridine rings is 1. The summed E-state index contributed by atoms with van der Waals surface area (Å²) in [6, 6.07) is 9.26. The Morgan fingerprint density at radius 2 is 2.07 bits per heavy atom. The van der Waals surface area contributed by atoms with Crippen LogP contribution in [0.25, 0.3) is 10.9 Å². The van der Waals surface area contributed by atoms with Crippen molar-refractivity contribution < 1.29 is 9.84 Å². The zero-order valence-corrected chi connectivity index (χ0v) is 8.91. The normalized spacial score (nSPS) is 10.7. The molecule has 0 aliphatic rings. The summed E-state index contributed by atoms with van der Waals surface area (Å²) in [5.41, 5.74) is 0.667. The van der Waals surface area contributed by atoms with Gasteiger partial charge in [-0.1, -0.05) is 12.1 Å². The van der Waals surface area contributed by atoms with Crippen LogP contribution in [0.3, 0.4) is 0 Å². The molecule has 78 valence electrons. The van der Waals surface area contributed by atoms with Crippen LogP contribution in [0.2, 0.25) is 0 Å². The average molecular weight is 221 g/mol. The molecule has 0 bridgehead atoms. The topological polar surface area (TPSA) is 47.2 Å². The molecule has 4 heteroatoms. The van der Waals surface area contributed by atoms with Gasteiger partial charge in [-0.05, 0) is 6.07 Å². The van der Waals surface area contributed by atoms with Gasteiger partial charge in [-0.15, -0.1) is 11.8 Å². The van der Waals surface area contributed by atoms with E-state index in [1.807, 2.05) is 18.2 Å². The van der Waals surface area contributed by atoms with E-state index in [9.17, 15) is 5.21 Å². The number of aliphatic hydroxyl groups is 1. The molecule has 0 fully saturated rings. The number of thioether (sulfide) groups is 1. The van der Waals surface area contributed by atoms with Gasteiger partial charge in [0.05, 0.1) is 12.0 Å². The van der Waals surface area contributed by atoms with E-state index in [1.54, 1.807) is 23.9 Å². The van der Waals surface area contributed by atoms with Crippen molar-refractivity contribution in [3.05, 3.63) is 41.7 Å². The number of rotatable bonds is 3. The number of para-hydroxylation sites is 1. The Labute approximate surface area is 91.9 Å². The molecule has 0 aliphatic carbocycles. The second-order valence-corrected chi connectivity index (χ2v) is 4.23. The summed E-state index contributed by atoms with van der Waals surface area (Å²) in [5.74, 6) is 0.646. The zero-order chi connectivity index (χ0) is 10.7. The summed E-state index contributed by atoms with van der Waals surface area (Å²) >= 11 is 1.56. The van der Waals surface area contributed by atoms with E-state index in [1.165, 1.54) is 6.20 Å². The first-order valence-electron chi connectivity index (χ1n) is 4.67. The number of nitrogens with zero attached hydrogens (tertiary/aromatic N) is 1. The van der Waals surface area contributed by atoms with Crippen LogP contribution in [-0.4, -0.2) is 17.5 Å². The number of benzene rings is 1. The number of hydrogen-bond acceptors (Lipinski definition) is 3. The molecule has 1 N–H and O–H groups in total. The fourth-order valence-electron chi connectivity index (χ4n) is 1.46. The molecule has 1 heterocycles. The molecular formula is C11H11NO2S. The molecule has 1 aromatic carbocycles. The summed E-state index contributed by atoms with van der Waals surface area (Å²) in [6.07, 6.45) is 1.50. The van der Waals surface area contributed by atoms with Gasteiger partial charge in [0.25, 0.3) is 0 Å². The fourth-order valence-corrected chi connectivity index (χ4v) is 2.26. The van der Waals surface area contributed by atoms with Crippen LogP contribution >= 0.6 is 11.8 Å². The van der Waals surface area contributed by atoms with Crippen molar-refractivity contribution in [3.63, 3.8) is 0 Å². The van der Waals surface area contributed by atoms with Crippen molar-refractivity contribution in [2.24, 2.45) is 0 Å². The van der Waals surface area contributed by atoms with E-state index < -0.39 is 0 Å². The lowest BCUT2D eigenvalue weighted by Gasteiger charge is -2.05. The lowest BCUT2D eigenvalue weighted by Crippen LogP contribution is -2.25. The van der Waals surface area contributed by atoms with Crippen molar-refractivity contribution >= 4 is 22.7 Å². The third-order valence-electron chi connectivity index (χ3n) is 2.12. The SMILES string of the molecule is [O-][n+]1ccc(SCCO)c2ccccc21. The highest BCUT2D eigenvalue weighted by Crippen LogP contribution is 2.25. The Morgan fingerprint density at radius 3 is 2.87 bits per heavy atom. The Bertz CT molecular complexity index is 473. The third kappa shape index (κ3) is 2.06. The van der Waals surface area contributed by atoms with Crippen LogP contribution in [0, 0.1) is 5.21 Å². The predicted molar refractivity (Wildman–Crippen MR) is 60.7 cm³/mol. The van der Waals surface area contributed by atoms with Crippen LogP contribution in [0.4, 0.5) is 0 Å². The van der Waals surface area contributed by atoms with Gasteiger partial charge >= 0.3 is 0 Å². The molecule has 2 aromatic rings. The molecule has 0 saturated heterocycles. The van der Waals surface area contributed by atoms with E-state index in [4.69, 9.17) is 5.11 Å². The minimum atomic E-state index is 0.144. The molecule has 0 saturated carbocycles. The second kappa shape index (κ2) is 4.51. The minimum absolute atomic E-state index is 0.144. The fraction of sp³-hybridized carbons (Fsp3) is 0.182. The van der Waals surface area contributed by atoms with Gasteiger partial charge < -0.3 is 10.3 Å². The third-order valence-corrected chi connectivity index (χ3v) is 3.17. The van der Waals surface area contributed by atoms with Crippen molar-refractivity contribution in [1.29, 1.82) is 0 Å². The van der Waals surface area contributed by atoms with E-state index in [0.717, 1.165) is 15.0 Å². The molecule has 0 radical (unpaired) electrons. The Balaban J connectivity index is 2.51. The largest absolute Gasteiger partial charge is 0.618 e. The van der Waals surface area contributed by atoms with Crippen molar-refractivity contribution in [3.8, 4) is 0 Å². The maximum Gasteiger partial charge on any atom is 0.224 e. The van der Waals surface area contributed by atoms with E-state index >= 15 is 0 Å². The quantitative estimate of drug-likeness (QED) is 0.486. The summed E-state index contributed by atoms with van der Waals surface area (Å²) in [6.45, 7) is 0.144. The van der Waals surface area contributed by atoms with Gasteiger partial charge in [-0.25, -0.2) is 0 Å². The maximum absolute atomic E-state index is 11.5. The number of fused-ring (bicyclic) bond motifs is 1. The van der Waals surface area contributed by atoms with Gasteiger partial charge in [0.15, 0.2) is 6.20 Å². The molecule has 15 heavy (non-hydrogen) atoms. The Kier molecular flexibility index (Phi) is 3.08. The standard InChI is InChI=1S/C11H11NO2S/c13-7-8-15-11-5-6-12(14)10-4-2-1-3-9(10)11/h1-6,13H,7-8H2. The first kappa shape index (κ1) is 10.3. The van der Waals surface area contributed by atoms with Crippen molar-refractivity contribution in [2.45, 2.75) is 4.90 Å². The van der Waals surface area contributed by atoms with E-state index in [-0.39, 0.29) is 6.61 Å².